The summed E-state index contributed by atoms with van der Waals surface area (Å²) in [6.45, 7) is 0. The van der Waals surface area contributed by atoms with Gasteiger partial charge in [-0.05, 0) is 18.2 Å². The Bertz CT molecular complexity index is 1010. The van der Waals surface area contributed by atoms with Crippen LogP contribution in [0.4, 0.5) is 5.69 Å². The maximum absolute atomic E-state index is 12.0. The molecule has 1 N–H and O–H groups in total. The Balaban J connectivity index is 2.09. The minimum absolute atomic E-state index is 0.0545. The predicted molar refractivity (Wildman–Crippen MR) is 83.3 cm³/mol. The highest BCUT2D eigenvalue weighted by atomic mass is 32.1. The molecule has 2 aromatic heterocycles. The monoisotopic (exact) mass is 317 g/mol. The molecule has 22 heavy (non-hydrogen) atoms. The van der Waals surface area contributed by atoms with Crippen LogP contribution >= 0.6 is 11.7 Å². The Morgan fingerprint density at radius 3 is 2.68 bits per heavy atom. The van der Waals surface area contributed by atoms with E-state index in [1.54, 1.807) is 18.2 Å². The zero-order chi connectivity index (χ0) is 15.9. The molecular weight excluding hydrogens is 306 g/mol. The molecule has 0 aliphatic rings. The molecule has 3 aromatic rings. The lowest BCUT2D eigenvalue weighted by molar-refractivity contribution is 0.410. The van der Waals surface area contributed by atoms with E-state index < -0.39 is 17.1 Å². The summed E-state index contributed by atoms with van der Waals surface area (Å²) in [7, 11) is 2.72. The summed E-state index contributed by atoms with van der Waals surface area (Å²) in [5.74, 6) is -0.423. The molecule has 0 spiro atoms. The number of aromatic hydroxyl groups is 1. The smallest absolute Gasteiger partial charge is 0.333 e. The minimum Gasteiger partial charge on any atom is -0.494 e. The van der Waals surface area contributed by atoms with E-state index in [4.69, 9.17) is 0 Å². The molecule has 0 aliphatic heterocycles. The molecule has 8 nitrogen and oxygen atoms in total. The van der Waals surface area contributed by atoms with Crippen molar-refractivity contribution >= 4 is 34.7 Å². The fraction of sp³-hybridized carbons (Fsp3) is 0.154. The molecule has 2 heterocycles. The van der Waals surface area contributed by atoms with Crippen molar-refractivity contribution in [3.05, 3.63) is 44.6 Å². The number of benzene rings is 1. The van der Waals surface area contributed by atoms with E-state index in [1.165, 1.54) is 20.3 Å². The number of aliphatic imine (C=N–C) groups is 1. The van der Waals surface area contributed by atoms with E-state index in [1.807, 2.05) is 0 Å². The van der Waals surface area contributed by atoms with E-state index >= 15 is 0 Å². The molecule has 0 aliphatic carbocycles. The second kappa shape index (κ2) is 5.19. The van der Waals surface area contributed by atoms with E-state index in [2.05, 4.69) is 13.7 Å². The number of fused-ring (bicyclic) bond motifs is 1. The van der Waals surface area contributed by atoms with Gasteiger partial charge in [0.15, 0.2) is 0 Å². The molecule has 0 unspecified atom stereocenters. The van der Waals surface area contributed by atoms with Gasteiger partial charge in [-0.15, -0.1) is 0 Å². The molecule has 0 fully saturated rings. The van der Waals surface area contributed by atoms with Gasteiger partial charge in [0.1, 0.15) is 16.6 Å². The number of aromatic nitrogens is 4. The van der Waals surface area contributed by atoms with Crippen molar-refractivity contribution in [3.63, 3.8) is 0 Å². The first-order valence-corrected chi connectivity index (χ1v) is 6.97. The van der Waals surface area contributed by atoms with Crippen LogP contribution in [-0.2, 0) is 14.1 Å². The maximum Gasteiger partial charge on any atom is 0.333 e. The summed E-state index contributed by atoms with van der Waals surface area (Å²) in [6, 6.07) is 5.22. The standard InChI is InChI=1S/C13H11N5O3S/c1-17-11(19)8(12(20)18(2)13(17)21)6-14-7-3-4-9-10(5-7)16-22-15-9/h3-6,19H,1-2H3. The second-order valence-corrected chi connectivity index (χ2v) is 5.17. The number of hydrogen-bond acceptors (Lipinski definition) is 7. The highest BCUT2D eigenvalue weighted by molar-refractivity contribution is 7.00. The second-order valence-electron chi connectivity index (χ2n) is 4.64. The molecule has 112 valence electrons. The Morgan fingerprint density at radius 2 is 1.91 bits per heavy atom. The van der Waals surface area contributed by atoms with Gasteiger partial charge >= 0.3 is 5.69 Å². The number of rotatable bonds is 2. The largest absolute Gasteiger partial charge is 0.494 e. The third-order valence-corrected chi connectivity index (χ3v) is 3.80. The van der Waals surface area contributed by atoms with Gasteiger partial charge in [-0.25, -0.2) is 4.79 Å². The van der Waals surface area contributed by atoms with Crippen molar-refractivity contribution in [2.75, 3.05) is 0 Å². The van der Waals surface area contributed by atoms with Gasteiger partial charge in [-0.1, -0.05) is 0 Å². The summed E-state index contributed by atoms with van der Waals surface area (Å²) in [5, 5.41) is 9.94. The molecule has 0 saturated heterocycles. The Hall–Kier alpha value is -2.81. The maximum atomic E-state index is 12.0. The SMILES string of the molecule is Cn1c(O)c(C=Nc2ccc3nsnc3c2)c(=O)n(C)c1=O. The first-order chi connectivity index (χ1) is 10.5. The van der Waals surface area contributed by atoms with E-state index in [0.717, 1.165) is 26.4 Å². The predicted octanol–water partition coefficient (Wildman–Crippen LogP) is 0.545. The van der Waals surface area contributed by atoms with Crippen molar-refractivity contribution in [1.29, 1.82) is 0 Å². The van der Waals surface area contributed by atoms with Gasteiger partial charge in [0.2, 0.25) is 5.88 Å². The highest BCUT2D eigenvalue weighted by Crippen LogP contribution is 2.19. The Morgan fingerprint density at radius 1 is 1.18 bits per heavy atom. The number of nitrogens with zero attached hydrogens (tertiary/aromatic N) is 5. The summed E-state index contributed by atoms with van der Waals surface area (Å²) in [6.07, 6.45) is 1.23. The zero-order valence-corrected chi connectivity index (χ0v) is 12.5. The molecule has 0 atom stereocenters. The van der Waals surface area contributed by atoms with Gasteiger partial charge in [0.25, 0.3) is 5.56 Å². The normalized spacial score (nSPS) is 11.5. The summed E-state index contributed by atoms with van der Waals surface area (Å²) in [5.41, 5.74) is 0.772. The van der Waals surface area contributed by atoms with E-state index in [9.17, 15) is 14.7 Å². The van der Waals surface area contributed by atoms with Crippen LogP contribution in [0.25, 0.3) is 11.0 Å². The Kier molecular flexibility index (Phi) is 3.33. The van der Waals surface area contributed by atoms with Crippen LogP contribution in [0.1, 0.15) is 5.56 Å². The lowest BCUT2D eigenvalue weighted by Crippen LogP contribution is -2.38. The van der Waals surface area contributed by atoms with Crippen LogP contribution < -0.4 is 11.2 Å². The van der Waals surface area contributed by atoms with Crippen molar-refractivity contribution in [2.24, 2.45) is 19.1 Å². The van der Waals surface area contributed by atoms with E-state index in [-0.39, 0.29) is 5.56 Å². The van der Waals surface area contributed by atoms with Gasteiger partial charge in [0.05, 0.1) is 17.4 Å². The minimum atomic E-state index is -0.610. The lowest BCUT2D eigenvalue weighted by atomic mass is 10.2. The van der Waals surface area contributed by atoms with E-state index in [0.29, 0.717) is 11.2 Å². The summed E-state index contributed by atoms with van der Waals surface area (Å²) in [4.78, 5) is 27.9. The molecule has 3 rings (SSSR count). The average molecular weight is 317 g/mol. The van der Waals surface area contributed by atoms with Gasteiger partial charge in [-0.3, -0.25) is 18.9 Å². The molecular formula is C13H11N5O3S. The molecule has 0 saturated carbocycles. The van der Waals surface area contributed by atoms with Crippen molar-refractivity contribution in [3.8, 4) is 5.88 Å². The van der Waals surface area contributed by atoms with Crippen LogP contribution in [0.5, 0.6) is 5.88 Å². The number of hydrogen-bond donors (Lipinski definition) is 1. The molecule has 0 radical (unpaired) electrons. The molecule has 9 heteroatoms. The Labute approximate surface area is 127 Å². The molecule has 0 bridgehead atoms. The zero-order valence-electron chi connectivity index (χ0n) is 11.7. The first kappa shape index (κ1) is 14.1. The van der Waals surface area contributed by atoms with Crippen molar-refractivity contribution < 1.29 is 5.11 Å². The third kappa shape index (κ3) is 2.21. The highest BCUT2D eigenvalue weighted by Gasteiger charge is 2.12. The lowest BCUT2D eigenvalue weighted by Gasteiger charge is -2.06. The average Bonchev–Trinajstić information content (AvgIpc) is 2.98. The van der Waals surface area contributed by atoms with Crippen LogP contribution in [0.2, 0.25) is 0 Å². The van der Waals surface area contributed by atoms with Gasteiger partial charge < -0.3 is 5.11 Å². The summed E-state index contributed by atoms with van der Waals surface area (Å²) >= 11 is 1.10. The topological polar surface area (TPSA) is 102 Å². The third-order valence-electron chi connectivity index (χ3n) is 3.25. The summed E-state index contributed by atoms with van der Waals surface area (Å²) < 4.78 is 10.1. The quantitative estimate of drug-likeness (QED) is 0.695. The molecule has 0 amide bonds. The van der Waals surface area contributed by atoms with Crippen molar-refractivity contribution in [1.82, 2.24) is 17.9 Å². The molecule has 1 aromatic carbocycles. The van der Waals surface area contributed by atoms with Crippen LogP contribution in [-0.4, -0.2) is 29.2 Å². The fourth-order valence-electron chi connectivity index (χ4n) is 1.96. The van der Waals surface area contributed by atoms with Crippen LogP contribution in [0.3, 0.4) is 0 Å². The van der Waals surface area contributed by atoms with Crippen LogP contribution in [0.15, 0.2) is 32.8 Å². The first-order valence-electron chi connectivity index (χ1n) is 6.24. The van der Waals surface area contributed by atoms with Gasteiger partial charge in [0, 0.05) is 20.3 Å². The van der Waals surface area contributed by atoms with Gasteiger partial charge in [-0.2, -0.15) is 8.75 Å². The van der Waals surface area contributed by atoms with Crippen molar-refractivity contribution in [2.45, 2.75) is 0 Å². The van der Waals surface area contributed by atoms with Crippen LogP contribution in [0, 0.1) is 0 Å². The fourth-order valence-corrected chi connectivity index (χ4v) is 2.48.